The molecule has 0 radical (unpaired) electrons. The highest BCUT2D eigenvalue weighted by Gasteiger charge is 2.52. The fourth-order valence-corrected chi connectivity index (χ4v) is 6.69. The first-order valence-electron chi connectivity index (χ1n) is 12.8. The van der Waals surface area contributed by atoms with Crippen LogP contribution in [0.1, 0.15) is 44.6 Å². The predicted octanol–water partition coefficient (Wildman–Crippen LogP) is 4.17. The van der Waals surface area contributed by atoms with E-state index in [1.807, 2.05) is 6.92 Å². The molecule has 4 rings (SSSR count). The van der Waals surface area contributed by atoms with E-state index in [0.717, 1.165) is 49.4 Å². The topological polar surface area (TPSA) is 94.2 Å². The van der Waals surface area contributed by atoms with Crippen LogP contribution in [0, 0.1) is 11.2 Å². The summed E-state index contributed by atoms with van der Waals surface area (Å²) in [4.78, 5) is 21.7. The first kappa shape index (κ1) is 28.1. The number of aliphatic hydroxyl groups excluding tert-OH is 1. The van der Waals surface area contributed by atoms with E-state index in [-0.39, 0.29) is 23.2 Å². The van der Waals surface area contributed by atoms with Crippen molar-refractivity contribution in [3.63, 3.8) is 0 Å². The number of hydrogen-bond acceptors (Lipinski definition) is 6. The second-order valence-corrected chi connectivity index (χ2v) is 11.6. The number of urea groups is 1. The molecule has 3 aliphatic rings. The lowest BCUT2D eigenvalue weighted by atomic mass is 9.92. The maximum absolute atomic E-state index is 13.7. The number of halogens is 4. The minimum atomic E-state index is -4.86. The Morgan fingerprint density at radius 1 is 1.41 bits per heavy atom. The Morgan fingerprint density at radius 2 is 2.16 bits per heavy atom. The zero-order chi connectivity index (χ0) is 26.8. The molecule has 0 spiro atoms. The number of likely N-dealkylation sites (tertiary alicyclic amines) is 1. The number of aliphatic imine (C=N–C) groups is 1. The van der Waals surface area contributed by atoms with E-state index in [2.05, 4.69) is 15.2 Å². The highest BCUT2D eigenvalue weighted by Crippen LogP contribution is 2.58. The van der Waals surface area contributed by atoms with Gasteiger partial charge in [-0.05, 0) is 69.2 Å². The van der Waals surface area contributed by atoms with Gasteiger partial charge < -0.3 is 26.0 Å². The Hall–Kier alpha value is -1.89. The Labute approximate surface area is 218 Å². The SMILES string of the molecule is CC(CC1(C2CN=C(CN)S2)CC1)N(CCCN1CC[C@@H](O)C1)C(=O)Nc1ccc(F)c(C(F)(F)F)c1. The number of anilines is 1. The van der Waals surface area contributed by atoms with Crippen LogP contribution in [0.5, 0.6) is 0 Å². The fourth-order valence-electron chi connectivity index (χ4n) is 5.39. The summed E-state index contributed by atoms with van der Waals surface area (Å²) in [6.45, 7) is 5.61. The summed E-state index contributed by atoms with van der Waals surface area (Å²) in [7, 11) is 0. The number of rotatable bonds is 10. The van der Waals surface area contributed by atoms with Crippen molar-refractivity contribution in [2.45, 2.75) is 62.6 Å². The minimum Gasteiger partial charge on any atom is -0.392 e. The van der Waals surface area contributed by atoms with Crippen LogP contribution in [0.15, 0.2) is 23.2 Å². The molecule has 206 valence electrons. The van der Waals surface area contributed by atoms with Crippen molar-refractivity contribution in [1.29, 1.82) is 0 Å². The second kappa shape index (κ2) is 11.5. The van der Waals surface area contributed by atoms with E-state index in [9.17, 15) is 27.5 Å². The molecule has 2 heterocycles. The third kappa shape index (κ3) is 6.96. The molecule has 1 aromatic carbocycles. The monoisotopic (exact) mass is 545 g/mol. The Balaban J connectivity index is 1.44. The molecule has 0 bridgehead atoms. The normalized spacial score (nSPS) is 24.1. The molecule has 3 atom stereocenters. The molecule has 12 heteroatoms. The van der Waals surface area contributed by atoms with Gasteiger partial charge in [0.05, 0.1) is 23.3 Å². The van der Waals surface area contributed by atoms with Crippen molar-refractivity contribution in [1.82, 2.24) is 9.80 Å². The Kier molecular flexibility index (Phi) is 8.72. The Morgan fingerprint density at radius 3 is 2.76 bits per heavy atom. The van der Waals surface area contributed by atoms with E-state index in [0.29, 0.717) is 50.5 Å². The molecule has 7 nitrogen and oxygen atoms in total. The summed E-state index contributed by atoms with van der Waals surface area (Å²) in [5.41, 5.74) is 4.30. The first-order valence-corrected chi connectivity index (χ1v) is 13.6. The third-order valence-corrected chi connectivity index (χ3v) is 9.10. The second-order valence-electron chi connectivity index (χ2n) is 10.4. The maximum atomic E-state index is 13.7. The van der Waals surface area contributed by atoms with Crippen molar-refractivity contribution < 1.29 is 27.5 Å². The lowest BCUT2D eigenvalue weighted by Gasteiger charge is -2.34. The van der Waals surface area contributed by atoms with Crippen LogP contribution in [0.25, 0.3) is 0 Å². The molecule has 1 aromatic rings. The number of amides is 2. The van der Waals surface area contributed by atoms with Crippen LogP contribution in [-0.2, 0) is 6.18 Å². The molecule has 4 N–H and O–H groups in total. The van der Waals surface area contributed by atoms with Crippen LogP contribution in [-0.4, -0.2) is 82.6 Å². The van der Waals surface area contributed by atoms with Gasteiger partial charge in [0.15, 0.2) is 0 Å². The van der Waals surface area contributed by atoms with Crippen LogP contribution in [0.3, 0.4) is 0 Å². The van der Waals surface area contributed by atoms with Crippen molar-refractivity contribution >= 4 is 28.5 Å². The molecule has 0 aromatic heterocycles. The predicted molar refractivity (Wildman–Crippen MR) is 137 cm³/mol. The van der Waals surface area contributed by atoms with Crippen LogP contribution in [0.4, 0.5) is 28.0 Å². The number of nitrogens with one attached hydrogen (secondary N) is 1. The van der Waals surface area contributed by atoms with Gasteiger partial charge in [0.1, 0.15) is 5.82 Å². The van der Waals surface area contributed by atoms with E-state index >= 15 is 0 Å². The lowest BCUT2D eigenvalue weighted by Crippen LogP contribution is -2.45. The molecular formula is C25H35F4N5O2S. The number of β-amino-alcohol motifs (C(OH)–C–C–N with tert-alkyl or cyclic N) is 1. The molecule has 2 amide bonds. The number of aliphatic hydroxyl groups is 1. The number of alkyl halides is 3. The van der Waals surface area contributed by atoms with Crippen molar-refractivity contribution in [2.24, 2.45) is 16.1 Å². The lowest BCUT2D eigenvalue weighted by molar-refractivity contribution is -0.139. The van der Waals surface area contributed by atoms with Gasteiger partial charge in [0, 0.05) is 43.2 Å². The van der Waals surface area contributed by atoms with Crippen LogP contribution >= 0.6 is 11.8 Å². The van der Waals surface area contributed by atoms with Crippen LogP contribution < -0.4 is 11.1 Å². The maximum Gasteiger partial charge on any atom is 0.419 e. The summed E-state index contributed by atoms with van der Waals surface area (Å²) in [6, 6.07) is 1.81. The summed E-state index contributed by atoms with van der Waals surface area (Å²) >= 11 is 1.72. The van der Waals surface area contributed by atoms with E-state index in [1.54, 1.807) is 16.7 Å². The first-order chi connectivity index (χ1) is 17.5. The Bertz CT molecular complexity index is 1000. The molecule has 2 aliphatic heterocycles. The van der Waals surface area contributed by atoms with Gasteiger partial charge >= 0.3 is 12.2 Å². The molecule has 1 aliphatic carbocycles. The van der Waals surface area contributed by atoms with Gasteiger partial charge in [-0.15, -0.1) is 11.8 Å². The number of nitrogens with two attached hydrogens (primary N) is 1. The van der Waals surface area contributed by atoms with Gasteiger partial charge in [-0.25, -0.2) is 9.18 Å². The zero-order valence-corrected chi connectivity index (χ0v) is 21.8. The molecule has 37 heavy (non-hydrogen) atoms. The van der Waals surface area contributed by atoms with Gasteiger partial charge in [-0.2, -0.15) is 13.2 Å². The van der Waals surface area contributed by atoms with Gasteiger partial charge in [-0.1, -0.05) is 0 Å². The van der Waals surface area contributed by atoms with Crippen molar-refractivity contribution in [3.8, 4) is 0 Å². The molecule has 2 fully saturated rings. The summed E-state index contributed by atoms with van der Waals surface area (Å²) < 4.78 is 53.3. The average Bonchev–Trinajstić information content (AvgIpc) is 3.24. The molecule has 2 unspecified atom stereocenters. The van der Waals surface area contributed by atoms with E-state index in [1.165, 1.54) is 0 Å². The minimum absolute atomic E-state index is 0.0570. The van der Waals surface area contributed by atoms with Crippen LogP contribution in [0.2, 0.25) is 0 Å². The number of carbonyl (C=O) groups excluding carboxylic acids is 1. The van der Waals surface area contributed by atoms with Gasteiger partial charge in [-0.3, -0.25) is 4.99 Å². The number of thioether (sulfide) groups is 1. The smallest absolute Gasteiger partial charge is 0.392 e. The molecular weight excluding hydrogens is 510 g/mol. The summed E-state index contributed by atoms with van der Waals surface area (Å²) in [6.07, 6.45) is -0.981. The quantitative estimate of drug-likeness (QED) is 0.384. The summed E-state index contributed by atoms with van der Waals surface area (Å²) in [5.74, 6) is -1.38. The van der Waals surface area contributed by atoms with Gasteiger partial charge in [0.25, 0.3) is 0 Å². The highest BCUT2D eigenvalue weighted by molar-refractivity contribution is 8.14. The highest BCUT2D eigenvalue weighted by atomic mass is 32.2. The zero-order valence-electron chi connectivity index (χ0n) is 20.9. The third-order valence-electron chi connectivity index (χ3n) is 7.60. The number of nitrogens with zero attached hydrogens (tertiary/aromatic N) is 3. The summed E-state index contributed by atoms with van der Waals surface area (Å²) in [5, 5.41) is 13.6. The van der Waals surface area contributed by atoms with Gasteiger partial charge in [0.2, 0.25) is 0 Å². The number of hydrogen-bond donors (Lipinski definition) is 3. The number of carbonyl (C=O) groups is 1. The standard InChI is InChI=1S/C25H35F4N5O2S/c1-16(12-24(6-7-24)21-14-31-22(13-30)37-21)34(9-2-8-33-10-5-18(35)15-33)23(36)32-17-3-4-20(26)19(11-17)25(27,28)29/h3-4,11,16,18,21,35H,2,5-10,12-15,30H2,1H3,(H,32,36)/t16?,18-,21?/m1/s1. The molecule has 1 saturated heterocycles. The molecule has 1 saturated carbocycles. The van der Waals surface area contributed by atoms with Crippen molar-refractivity contribution in [3.05, 3.63) is 29.6 Å². The largest absolute Gasteiger partial charge is 0.419 e. The van der Waals surface area contributed by atoms with E-state index < -0.39 is 23.6 Å². The van der Waals surface area contributed by atoms with Crippen molar-refractivity contribution in [2.75, 3.05) is 44.6 Å². The average molecular weight is 546 g/mol. The fraction of sp³-hybridized carbons (Fsp3) is 0.680. The number of benzene rings is 1. The van der Waals surface area contributed by atoms with E-state index in [4.69, 9.17) is 5.73 Å².